The maximum absolute atomic E-state index is 12.5. The van der Waals surface area contributed by atoms with Crippen LogP contribution in [-0.2, 0) is 13.1 Å². The van der Waals surface area contributed by atoms with Crippen LogP contribution in [0.15, 0.2) is 29.3 Å². The molecular weight excluding hydrogens is 268 g/mol. The van der Waals surface area contributed by atoms with Gasteiger partial charge in [-0.25, -0.2) is 9.67 Å². The van der Waals surface area contributed by atoms with Crippen LogP contribution in [0, 0.1) is 6.92 Å². The van der Waals surface area contributed by atoms with Crippen LogP contribution >= 0.6 is 0 Å². The Balaban J connectivity index is 2.04. The molecule has 0 aliphatic heterocycles. The van der Waals surface area contributed by atoms with Gasteiger partial charge in [0.25, 0.3) is 5.56 Å². The second-order valence-electron chi connectivity index (χ2n) is 4.97. The van der Waals surface area contributed by atoms with Crippen molar-refractivity contribution < 1.29 is 0 Å². The fraction of sp³-hybridized carbons (Fsp3) is 0.357. The Hall–Kier alpha value is -2.57. The molecule has 0 aliphatic rings. The number of hydrogen-bond donors (Lipinski definition) is 0. The first-order valence-electron chi connectivity index (χ1n) is 6.90. The van der Waals surface area contributed by atoms with E-state index in [9.17, 15) is 4.79 Å². The maximum atomic E-state index is 12.5. The van der Waals surface area contributed by atoms with Crippen LogP contribution in [-0.4, -0.2) is 29.8 Å². The van der Waals surface area contributed by atoms with Gasteiger partial charge in [-0.1, -0.05) is 19.1 Å². The van der Waals surface area contributed by atoms with Gasteiger partial charge in [0, 0.05) is 6.54 Å². The lowest BCUT2D eigenvalue weighted by Gasteiger charge is -2.07. The number of rotatable bonds is 4. The van der Waals surface area contributed by atoms with Crippen LogP contribution in [0.4, 0.5) is 0 Å². The van der Waals surface area contributed by atoms with Crippen molar-refractivity contribution in [3.8, 4) is 0 Å². The van der Waals surface area contributed by atoms with Crippen LogP contribution in [0.5, 0.6) is 0 Å². The predicted octanol–water partition coefficient (Wildman–Crippen LogP) is 1.15. The van der Waals surface area contributed by atoms with Crippen LogP contribution in [0.2, 0.25) is 0 Å². The van der Waals surface area contributed by atoms with Crippen LogP contribution in [0.1, 0.15) is 24.7 Å². The van der Waals surface area contributed by atoms with Crippen molar-refractivity contribution in [3.05, 3.63) is 46.3 Å². The molecule has 0 saturated heterocycles. The molecule has 21 heavy (non-hydrogen) atoms. The zero-order valence-corrected chi connectivity index (χ0v) is 12.0. The normalized spacial score (nSPS) is 11.1. The molecule has 0 unspecified atom stereocenters. The van der Waals surface area contributed by atoms with Gasteiger partial charge < -0.3 is 0 Å². The summed E-state index contributed by atoms with van der Waals surface area (Å²) >= 11 is 0. The van der Waals surface area contributed by atoms with Crippen molar-refractivity contribution in [2.45, 2.75) is 33.4 Å². The van der Waals surface area contributed by atoms with Crippen molar-refractivity contribution in [1.82, 2.24) is 29.8 Å². The molecule has 7 heteroatoms. The largest absolute Gasteiger partial charge is 0.291 e. The Morgan fingerprint density at radius 1 is 1.29 bits per heavy atom. The summed E-state index contributed by atoms with van der Waals surface area (Å²) in [6.45, 7) is 5.05. The first-order valence-corrected chi connectivity index (χ1v) is 6.90. The van der Waals surface area contributed by atoms with E-state index in [1.807, 2.05) is 19.1 Å². The Kier molecular flexibility index (Phi) is 3.47. The van der Waals surface area contributed by atoms with Crippen LogP contribution < -0.4 is 5.56 Å². The Bertz CT molecular complexity index is 835. The highest BCUT2D eigenvalue weighted by atomic mass is 16.1. The van der Waals surface area contributed by atoms with Crippen molar-refractivity contribution in [2.75, 3.05) is 0 Å². The van der Waals surface area contributed by atoms with Crippen LogP contribution in [0.25, 0.3) is 10.9 Å². The van der Waals surface area contributed by atoms with Crippen molar-refractivity contribution in [1.29, 1.82) is 0 Å². The van der Waals surface area contributed by atoms with Crippen molar-refractivity contribution in [2.24, 2.45) is 0 Å². The highest BCUT2D eigenvalue weighted by Crippen LogP contribution is 2.11. The van der Waals surface area contributed by atoms with E-state index in [2.05, 4.69) is 27.4 Å². The molecule has 0 spiro atoms. The molecule has 0 aliphatic carbocycles. The molecule has 0 atom stereocenters. The first-order chi connectivity index (χ1) is 10.2. The number of hydrogen-bond acceptors (Lipinski definition) is 5. The minimum Gasteiger partial charge on any atom is -0.291 e. The molecule has 0 N–H and O–H groups in total. The third-order valence-electron chi connectivity index (χ3n) is 3.41. The second-order valence-corrected chi connectivity index (χ2v) is 4.97. The highest BCUT2D eigenvalue weighted by molar-refractivity contribution is 5.80. The summed E-state index contributed by atoms with van der Waals surface area (Å²) in [5, 5.41) is 12.2. The van der Waals surface area contributed by atoms with Crippen LogP contribution in [0.3, 0.4) is 0 Å². The summed E-state index contributed by atoms with van der Waals surface area (Å²) < 4.78 is 3.26. The van der Waals surface area contributed by atoms with Gasteiger partial charge in [0.2, 0.25) is 0 Å². The van der Waals surface area contributed by atoms with E-state index in [4.69, 9.17) is 0 Å². The molecule has 1 aromatic carbocycles. The van der Waals surface area contributed by atoms with E-state index >= 15 is 0 Å². The van der Waals surface area contributed by atoms with Gasteiger partial charge in [0.1, 0.15) is 0 Å². The summed E-state index contributed by atoms with van der Waals surface area (Å²) in [6, 6.07) is 5.61. The molecule has 3 rings (SSSR count). The molecular formula is C14H16N6O. The Morgan fingerprint density at radius 3 is 2.95 bits per heavy atom. The monoisotopic (exact) mass is 284 g/mol. The minimum atomic E-state index is -0.0743. The number of tetrazole rings is 1. The third-order valence-corrected chi connectivity index (χ3v) is 3.41. The van der Waals surface area contributed by atoms with Gasteiger partial charge in [-0.2, -0.15) is 0 Å². The van der Waals surface area contributed by atoms with Gasteiger partial charge in [-0.3, -0.25) is 9.36 Å². The molecule has 3 aromatic rings. The summed E-state index contributed by atoms with van der Waals surface area (Å²) in [4.78, 5) is 16.9. The van der Waals surface area contributed by atoms with Gasteiger partial charge >= 0.3 is 0 Å². The fourth-order valence-corrected chi connectivity index (χ4v) is 2.32. The van der Waals surface area contributed by atoms with Crippen molar-refractivity contribution >= 4 is 10.9 Å². The van der Waals surface area contributed by atoms with E-state index < -0.39 is 0 Å². The number of benzene rings is 1. The topological polar surface area (TPSA) is 78.5 Å². The molecule has 0 bridgehead atoms. The number of para-hydroxylation sites is 1. The lowest BCUT2D eigenvalue weighted by molar-refractivity contribution is 0.540. The summed E-state index contributed by atoms with van der Waals surface area (Å²) in [6.07, 6.45) is 2.49. The Labute approximate surface area is 121 Å². The first kappa shape index (κ1) is 13.4. The molecule has 0 amide bonds. The van der Waals surface area contributed by atoms with Gasteiger partial charge in [-0.15, -0.1) is 5.10 Å². The lowest BCUT2D eigenvalue weighted by Crippen LogP contribution is -2.23. The van der Waals surface area contributed by atoms with E-state index in [0.717, 1.165) is 24.0 Å². The molecule has 108 valence electrons. The minimum absolute atomic E-state index is 0.0743. The zero-order chi connectivity index (χ0) is 14.8. The summed E-state index contributed by atoms with van der Waals surface area (Å²) in [5.41, 5.74) is 1.66. The van der Waals surface area contributed by atoms with Gasteiger partial charge in [-0.05, 0) is 35.4 Å². The quantitative estimate of drug-likeness (QED) is 0.718. The molecule has 0 radical (unpaired) electrons. The number of aryl methyl sites for hydroxylation is 2. The molecule has 0 fully saturated rings. The third kappa shape index (κ3) is 2.42. The average Bonchev–Trinajstić information content (AvgIpc) is 2.90. The number of fused-ring (bicyclic) bond motifs is 1. The van der Waals surface area contributed by atoms with E-state index in [1.165, 1.54) is 0 Å². The van der Waals surface area contributed by atoms with Crippen molar-refractivity contribution in [3.63, 3.8) is 0 Å². The average molecular weight is 284 g/mol. The van der Waals surface area contributed by atoms with E-state index in [0.29, 0.717) is 17.8 Å². The zero-order valence-electron chi connectivity index (χ0n) is 12.0. The fourth-order valence-electron chi connectivity index (χ4n) is 2.32. The summed E-state index contributed by atoms with van der Waals surface area (Å²) in [5.74, 6) is 0.660. The Morgan fingerprint density at radius 2 is 2.14 bits per heavy atom. The SMILES string of the molecule is CCCn1nnnc1Cn1cnc2c(C)cccc2c1=O. The molecule has 7 nitrogen and oxygen atoms in total. The van der Waals surface area contributed by atoms with E-state index in [-0.39, 0.29) is 5.56 Å². The molecule has 0 saturated carbocycles. The molecule has 2 heterocycles. The van der Waals surface area contributed by atoms with Gasteiger partial charge in [0.05, 0.1) is 23.8 Å². The predicted molar refractivity (Wildman–Crippen MR) is 78.0 cm³/mol. The molecule has 2 aromatic heterocycles. The van der Waals surface area contributed by atoms with E-state index in [1.54, 1.807) is 21.6 Å². The smallest absolute Gasteiger partial charge is 0.261 e. The summed E-state index contributed by atoms with van der Waals surface area (Å²) in [7, 11) is 0. The number of nitrogens with zero attached hydrogens (tertiary/aromatic N) is 6. The second kappa shape index (κ2) is 5.43. The maximum Gasteiger partial charge on any atom is 0.261 e. The highest BCUT2D eigenvalue weighted by Gasteiger charge is 2.10. The van der Waals surface area contributed by atoms with Gasteiger partial charge in [0.15, 0.2) is 5.82 Å². The standard InChI is InChI=1S/C14H16N6O/c1-3-7-20-12(16-17-18-20)8-19-9-15-13-10(2)5-4-6-11(13)14(19)21/h4-6,9H,3,7-8H2,1-2H3. The number of aromatic nitrogens is 6. The lowest BCUT2D eigenvalue weighted by atomic mass is 10.1.